The Hall–Kier alpha value is -2.81. The zero-order valence-corrected chi connectivity index (χ0v) is 15.8. The lowest BCUT2D eigenvalue weighted by molar-refractivity contribution is 0.0599. The van der Waals surface area contributed by atoms with Crippen LogP contribution in [0.4, 0.5) is 5.69 Å². The van der Waals surface area contributed by atoms with E-state index in [2.05, 4.69) is 15.0 Å². The lowest BCUT2D eigenvalue weighted by Gasteiger charge is -2.08. The molecule has 1 aromatic heterocycles. The lowest BCUT2D eigenvalue weighted by atomic mass is 10.1. The predicted octanol–water partition coefficient (Wildman–Crippen LogP) is 1.72. The first-order valence-corrected chi connectivity index (χ1v) is 9.64. The average molecular weight is 379 g/mol. The van der Waals surface area contributed by atoms with Gasteiger partial charge < -0.3 is 15.0 Å². The maximum absolute atomic E-state index is 12.4. The summed E-state index contributed by atoms with van der Waals surface area (Å²) in [5.74, 6) is -0.878. The number of aromatic amines is 1. The van der Waals surface area contributed by atoms with Gasteiger partial charge >= 0.3 is 5.97 Å². The SMILES string of the molecule is COC(=O)c1c(C)[nH]c(C(=O)NCc2cccc(NS(C)(=O)=O)c2)c1C. The van der Waals surface area contributed by atoms with E-state index in [4.69, 9.17) is 4.74 Å². The van der Waals surface area contributed by atoms with Crippen LogP contribution in [0.1, 0.15) is 37.7 Å². The van der Waals surface area contributed by atoms with Gasteiger partial charge in [0.15, 0.2) is 0 Å². The van der Waals surface area contributed by atoms with Gasteiger partial charge in [-0.2, -0.15) is 0 Å². The molecule has 0 fully saturated rings. The number of methoxy groups -OCH3 is 1. The number of ether oxygens (including phenoxy) is 1. The van der Waals surface area contributed by atoms with Gasteiger partial charge in [0.05, 0.1) is 18.9 Å². The van der Waals surface area contributed by atoms with Crippen LogP contribution in [-0.2, 0) is 21.3 Å². The van der Waals surface area contributed by atoms with Crippen molar-refractivity contribution < 1.29 is 22.7 Å². The molecule has 0 bridgehead atoms. The number of nitrogens with one attached hydrogen (secondary N) is 3. The van der Waals surface area contributed by atoms with E-state index in [1.165, 1.54) is 7.11 Å². The molecule has 0 aliphatic carbocycles. The molecule has 140 valence electrons. The van der Waals surface area contributed by atoms with Gasteiger partial charge in [-0.1, -0.05) is 12.1 Å². The maximum atomic E-state index is 12.4. The van der Waals surface area contributed by atoms with E-state index >= 15 is 0 Å². The molecule has 0 unspecified atom stereocenters. The monoisotopic (exact) mass is 379 g/mol. The predicted molar refractivity (Wildman–Crippen MR) is 97.7 cm³/mol. The van der Waals surface area contributed by atoms with Gasteiger partial charge in [0.1, 0.15) is 5.69 Å². The summed E-state index contributed by atoms with van der Waals surface area (Å²) in [4.78, 5) is 27.1. The Bertz CT molecular complexity index is 947. The van der Waals surface area contributed by atoms with E-state index in [0.717, 1.165) is 11.8 Å². The van der Waals surface area contributed by atoms with Gasteiger partial charge in [0.2, 0.25) is 10.0 Å². The quantitative estimate of drug-likeness (QED) is 0.661. The summed E-state index contributed by atoms with van der Waals surface area (Å²) in [6.07, 6.45) is 1.07. The number of anilines is 1. The summed E-state index contributed by atoms with van der Waals surface area (Å²) < 4.78 is 29.7. The minimum absolute atomic E-state index is 0.198. The smallest absolute Gasteiger partial charge is 0.339 e. The molecule has 3 N–H and O–H groups in total. The third-order valence-electron chi connectivity index (χ3n) is 3.74. The number of aromatic nitrogens is 1. The molecular formula is C17H21N3O5S. The first-order chi connectivity index (χ1) is 12.1. The molecule has 0 saturated carbocycles. The van der Waals surface area contributed by atoms with Gasteiger partial charge in [-0.05, 0) is 37.1 Å². The molecule has 0 atom stereocenters. The highest BCUT2D eigenvalue weighted by molar-refractivity contribution is 7.92. The third-order valence-corrected chi connectivity index (χ3v) is 4.34. The molecule has 1 aromatic carbocycles. The highest BCUT2D eigenvalue weighted by Crippen LogP contribution is 2.19. The van der Waals surface area contributed by atoms with Crippen molar-refractivity contribution in [1.29, 1.82) is 0 Å². The number of amides is 1. The van der Waals surface area contributed by atoms with Crippen molar-refractivity contribution in [3.8, 4) is 0 Å². The van der Waals surface area contributed by atoms with E-state index in [1.807, 2.05) is 0 Å². The van der Waals surface area contributed by atoms with Crippen LogP contribution in [0.25, 0.3) is 0 Å². The third kappa shape index (κ3) is 4.63. The number of hydrogen-bond acceptors (Lipinski definition) is 5. The Kier molecular flexibility index (Phi) is 5.71. The highest BCUT2D eigenvalue weighted by Gasteiger charge is 2.22. The Morgan fingerprint density at radius 3 is 2.54 bits per heavy atom. The second-order valence-corrected chi connectivity index (χ2v) is 7.62. The molecule has 0 saturated heterocycles. The minimum atomic E-state index is -3.37. The molecule has 9 heteroatoms. The fourth-order valence-electron chi connectivity index (χ4n) is 2.61. The van der Waals surface area contributed by atoms with Crippen LogP contribution in [0.15, 0.2) is 24.3 Å². The van der Waals surface area contributed by atoms with Crippen molar-refractivity contribution in [2.45, 2.75) is 20.4 Å². The summed E-state index contributed by atoms with van der Waals surface area (Å²) in [6.45, 7) is 3.56. The summed E-state index contributed by atoms with van der Waals surface area (Å²) in [6, 6.07) is 6.70. The van der Waals surface area contributed by atoms with Crippen LogP contribution in [0, 0.1) is 13.8 Å². The normalized spacial score (nSPS) is 11.1. The molecule has 26 heavy (non-hydrogen) atoms. The van der Waals surface area contributed by atoms with E-state index in [9.17, 15) is 18.0 Å². The minimum Gasteiger partial charge on any atom is -0.465 e. The Labute approximate surface area is 152 Å². The van der Waals surface area contributed by atoms with Gasteiger partial charge in [0, 0.05) is 17.9 Å². The van der Waals surface area contributed by atoms with E-state index < -0.39 is 16.0 Å². The van der Waals surface area contributed by atoms with Gasteiger partial charge in [-0.25, -0.2) is 13.2 Å². The molecule has 0 spiro atoms. The molecule has 0 aliphatic rings. The Balaban J connectivity index is 2.12. The molecule has 0 radical (unpaired) electrons. The largest absolute Gasteiger partial charge is 0.465 e. The number of carbonyl (C=O) groups excluding carboxylic acids is 2. The molecule has 1 heterocycles. The number of carbonyl (C=O) groups is 2. The molecular weight excluding hydrogens is 358 g/mol. The number of esters is 1. The van der Waals surface area contributed by atoms with Crippen molar-refractivity contribution in [1.82, 2.24) is 10.3 Å². The van der Waals surface area contributed by atoms with Gasteiger partial charge in [0.25, 0.3) is 5.91 Å². The number of aryl methyl sites for hydroxylation is 1. The fraction of sp³-hybridized carbons (Fsp3) is 0.294. The summed E-state index contributed by atoms with van der Waals surface area (Å²) in [5, 5.41) is 2.74. The molecule has 0 aliphatic heterocycles. The molecule has 2 rings (SSSR count). The summed E-state index contributed by atoms with van der Waals surface area (Å²) in [7, 11) is -2.09. The van der Waals surface area contributed by atoms with E-state index in [-0.39, 0.29) is 18.1 Å². The van der Waals surface area contributed by atoms with Crippen molar-refractivity contribution in [2.75, 3.05) is 18.1 Å². The number of rotatable bonds is 6. The van der Waals surface area contributed by atoms with Crippen molar-refractivity contribution in [2.24, 2.45) is 0 Å². The average Bonchev–Trinajstić information content (AvgIpc) is 2.85. The number of hydrogen-bond donors (Lipinski definition) is 3. The number of sulfonamides is 1. The zero-order chi connectivity index (χ0) is 19.5. The van der Waals surface area contributed by atoms with Gasteiger partial charge in [-0.15, -0.1) is 0 Å². The van der Waals surface area contributed by atoms with Crippen LogP contribution < -0.4 is 10.0 Å². The topological polar surface area (TPSA) is 117 Å². The lowest BCUT2D eigenvalue weighted by Crippen LogP contribution is -2.24. The molecule has 8 nitrogen and oxygen atoms in total. The van der Waals surface area contributed by atoms with Crippen LogP contribution in [0.3, 0.4) is 0 Å². The zero-order valence-electron chi connectivity index (χ0n) is 15.0. The standard InChI is InChI=1S/C17H21N3O5S/c1-10-14(17(22)25-3)11(2)19-15(10)16(21)18-9-12-6-5-7-13(8-12)20-26(4,23)24/h5-8,19-20H,9H2,1-4H3,(H,18,21). The Morgan fingerprint density at radius 1 is 1.23 bits per heavy atom. The van der Waals surface area contributed by atoms with Crippen LogP contribution in [0.5, 0.6) is 0 Å². The second kappa shape index (κ2) is 7.61. The molecule has 1 amide bonds. The molecule has 2 aromatic rings. The van der Waals surface area contributed by atoms with Crippen molar-refractivity contribution in [3.63, 3.8) is 0 Å². The number of benzene rings is 1. The second-order valence-electron chi connectivity index (χ2n) is 5.87. The first kappa shape index (κ1) is 19.5. The van der Waals surface area contributed by atoms with E-state index in [0.29, 0.717) is 22.5 Å². The van der Waals surface area contributed by atoms with Crippen LogP contribution in [-0.4, -0.2) is 38.6 Å². The summed E-state index contributed by atoms with van der Waals surface area (Å²) in [5.41, 5.74) is 2.84. The summed E-state index contributed by atoms with van der Waals surface area (Å²) >= 11 is 0. The van der Waals surface area contributed by atoms with Gasteiger partial charge in [-0.3, -0.25) is 9.52 Å². The maximum Gasteiger partial charge on any atom is 0.339 e. The van der Waals surface area contributed by atoms with Crippen LogP contribution in [0.2, 0.25) is 0 Å². The first-order valence-electron chi connectivity index (χ1n) is 7.74. The van der Waals surface area contributed by atoms with Crippen LogP contribution >= 0.6 is 0 Å². The van der Waals surface area contributed by atoms with E-state index in [1.54, 1.807) is 38.1 Å². The number of H-pyrrole nitrogens is 1. The Morgan fingerprint density at radius 2 is 1.92 bits per heavy atom. The highest BCUT2D eigenvalue weighted by atomic mass is 32.2. The van der Waals surface area contributed by atoms with Crippen molar-refractivity contribution >= 4 is 27.6 Å². The van der Waals surface area contributed by atoms with Crippen molar-refractivity contribution in [3.05, 3.63) is 52.3 Å². The fourth-order valence-corrected chi connectivity index (χ4v) is 3.17.